The van der Waals surface area contributed by atoms with Gasteiger partial charge in [-0.25, -0.2) is 9.97 Å². The Hall–Kier alpha value is -3.21. The average molecular weight is 389 g/mol. The Kier molecular flexibility index (Phi) is 6.60. The Morgan fingerprint density at radius 1 is 0.966 bits per heavy atom. The van der Waals surface area contributed by atoms with E-state index < -0.39 is 0 Å². The molecule has 0 aliphatic heterocycles. The van der Waals surface area contributed by atoms with Crippen LogP contribution in [0.1, 0.15) is 46.7 Å². The molecule has 3 aromatic rings. The van der Waals surface area contributed by atoms with E-state index in [-0.39, 0.29) is 11.9 Å². The highest BCUT2D eigenvalue weighted by molar-refractivity contribution is 5.92. The van der Waals surface area contributed by atoms with Crippen molar-refractivity contribution in [3.8, 4) is 0 Å². The number of rotatable bonds is 7. The summed E-state index contributed by atoms with van der Waals surface area (Å²) in [5.41, 5.74) is 4.58. The Labute approximate surface area is 172 Å². The second kappa shape index (κ2) is 9.32. The van der Waals surface area contributed by atoms with E-state index >= 15 is 0 Å². The largest absolute Gasteiger partial charge is 0.347 e. The van der Waals surface area contributed by atoms with Gasteiger partial charge in [0.1, 0.15) is 5.69 Å². The summed E-state index contributed by atoms with van der Waals surface area (Å²) < 4.78 is 0. The predicted octanol–water partition coefficient (Wildman–Crippen LogP) is 4.44. The smallest absolute Gasteiger partial charge is 0.270 e. The van der Waals surface area contributed by atoms with Crippen molar-refractivity contribution >= 4 is 11.9 Å². The molecule has 0 saturated heterocycles. The van der Waals surface area contributed by atoms with Crippen molar-refractivity contribution in [1.82, 2.24) is 15.3 Å². The lowest BCUT2D eigenvalue weighted by Crippen LogP contribution is -2.33. The lowest BCUT2D eigenvalue weighted by Gasteiger charge is -2.27. The molecule has 5 heteroatoms. The maximum atomic E-state index is 12.7. The summed E-state index contributed by atoms with van der Waals surface area (Å²) in [5, 5.41) is 2.97. The molecule has 0 atom stereocenters. The molecule has 0 saturated carbocycles. The number of carbonyl (C=O) groups is 1. The molecule has 0 bridgehead atoms. The first kappa shape index (κ1) is 20.5. The van der Waals surface area contributed by atoms with Gasteiger partial charge in [0.2, 0.25) is 5.95 Å². The molecule has 0 radical (unpaired) electrons. The predicted molar refractivity (Wildman–Crippen MR) is 117 cm³/mol. The standard InChI is InChI=1S/C24H28N4O/c1-17(2)28(16-20-10-6-5-7-11-20)24-26-19(4)14-22(27-24)23(29)25-15-21-12-8-9-18(3)13-21/h5-14,17H,15-16H2,1-4H3,(H,25,29). The van der Waals surface area contributed by atoms with Crippen molar-refractivity contribution in [2.45, 2.75) is 46.8 Å². The van der Waals surface area contributed by atoms with Gasteiger partial charge in [-0.1, -0.05) is 60.2 Å². The first-order chi connectivity index (χ1) is 13.9. The van der Waals surface area contributed by atoms with E-state index in [1.807, 2.05) is 50.2 Å². The maximum Gasteiger partial charge on any atom is 0.270 e. The quantitative estimate of drug-likeness (QED) is 0.650. The van der Waals surface area contributed by atoms with Crippen LogP contribution >= 0.6 is 0 Å². The summed E-state index contributed by atoms with van der Waals surface area (Å²) in [4.78, 5) is 24.0. The number of carbonyl (C=O) groups excluding carboxylic acids is 1. The van der Waals surface area contributed by atoms with E-state index in [1.165, 1.54) is 11.1 Å². The average Bonchev–Trinajstić information content (AvgIpc) is 2.70. The van der Waals surface area contributed by atoms with E-state index in [4.69, 9.17) is 0 Å². The zero-order valence-corrected chi connectivity index (χ0v) is 17.5. The molecule has 29 heavy (non-hydrogen) atoms. The van der Waals surface area contributed by atoms with Gasteiger partial charge >= 0.3 is 0 Å². The lowest BCUT2D eigenvalue weighted by atomic mass is 10.1. The van der Waals surface area contributed by atoms with Crippen molar-refractivity contribution in [2.24, 2.45) is 0 Å². The topological polar surface area (TPSA) is 58.1 Å². The Morgan fingerprint density at radius 3 is 2.38 bits per heavy atom. The van der Waals surface area contributed by atoms with Crippen LogP contribution in [-0.4, -0.2) is 21.9 Å². The first-order valence-corrected chi connectivity index (χ1v) is 9.92. The van der Waals surface area contributed by atoms with Crippen LogP contribution in [0, 0.1) is 13.8 Å². The van der Waals surface area contributed by atoms with Gasteiger partial charge in [0, 0.05) is 24.8 Å². The van der Waals surface area contributed by atoms with Crippen molar-refractivity contribution in [3.05, 3.63) is 88.7 Å². The third kappa shape index (κ3) is 5.64. The summed E-state index contributed by atoms with van der Waals surface area (Å²) in [6, 6.07) is 20.2. The second-order valence-corrected chi connectivity index (χ2v) is 7.57. The van der Waals surface area contributed by atoms with E-state index in [9.17, 15) is 4.79 Å². The molecule has 0 aliphatic rings. The fraction of sp³-hybridized carbons (Fsp3) is 0.292. The highest BCUT2D eigenvalue weighted by Crippen LogP contribution is 2.17. The van der Waals surface area contributed by atoms with Crippen LogP contribution in [0.2, 0.25) is 0 Å². The monoisotopic (exact) mass is 388 g/mol. The minimum absolute atomic E-state index is 0.193. The number of hydrogen-bond donors (Lipinski definition) is 1. The summed E-state index contributed by atoms with van der Waals surface area (Å²) in [6.07, 6.45) is 0. The second-order valence-electron chi connectivity index (χ2n) is 7.57. The Bertz CT molecular complexity index is 970. The van der Waals surface area contributed by atoms with Crippen LogP contribution in [0.15, 0.2) is 60.7 Å². The normalized spacial score (nSPS) is 10.8. The zero-order valence-electron chi connectivity index (χ0n) is 17.5. The fourth-order valence-corrected chi connectivity index (χ4v) is 3.16. The molecule has 3 rings (SSSR count). The highest BCUT2D eigenvalue weighted by atomic mass is 16.1. The molecule has 1 heterocycles. The van der Waals surface area contributed by atoms with Gasteiger partial charge in [0.25, 0.3) is 5.91 Å². The molecule has 1 amide bonds. The molecule has 0 fully saturated rings. The maximum absolute atomic E-state index is 12.7. The third-order valence-electron chi connectivity index (χ3n) is 4.69. The minimum atomic E-state index is -0.193. The molecular weight excluding hydrogens is 360 g/mol. The first-order valence-electron chi connectivity index (χ1n) is 9.92. The van der Waals surface area contributed by atoms with E-state index in [2.05, 4.69) is 52.2 Å². The number of benzene rings is 2. The number of anilines is 1. The van der Waals surface area contributed by atoms with Crippen LogP contribution < -0.4 is 10.2 Å². The van der Waals surface area contributed by atoms with Gasteiger partial charge in [-0.3, -0.25) is 4.79 Å². The molecule has 0 unspecified atom stereocenters. The summed E-state index contributed by atoms with van der Waals surface area (Å²) in [6.45, 7) is 9.30. The van der Waals surface area contributed by atoms with Crippen LogP contribution in [0.5, 0.6) is 0 Å². The number of amides is 1. The van der Waals surface area contributed by atoms with Gasteiger partial charge in [0.15, 0.2) is 0 Å². The van der Waals surface area contributed by atoms with Crippen molar-refractivity contribution in [3.63, 3.8) is 0 Å². The van der Waals surface area contributed by atoms with Crippen molar-refractivity contribution in [1.29, 1.82) is 0 Å². The summed E-state index contributed by atoms with van der Waals surface area (Å²) in [7, 11) is 0. The van der Waals surface area contributed by atoms with E-state index in [0.29, 0.717) is 24.7 Å². The van der Waals surface area contributed by atoms with Crippen molar-refractivity contribution in [2.75, 3.05) is 4.90 Å². The summed E-state index contributed by atoms with van der Waals surface area (Å²) >= 11 is 0. The third-order valence-corrected chi connectivity index (χ3v) is 4.69. The number of aryl methyl sites for hydroxylation is 2. The molecule has 0 spiro atoms. The SMILES string of the molecule is Cc1cccc(CNC(=O)c2cc(C)nc(N(Cc3ccccc3)C(C)C)n2)c1. The van der Waals surface area contributed by atoms with Crippen LogP contribution in [0.4, 0.5) is 5.95 Å². The molecule has 2 aromatic carbocycles. The van der Waals surface area contributed by atoms with Gasteiger partial charge in [-0.15, -0.1) is 0 Å². The molecule has 150 valence electrons. The number of hydrogen-bond acceptors (Lipinski definition) is 4. The van der Waals surface area contributed by atoms with Crippen LogP contribution in [0.25, 0.3) is 0 Å². The molecule has 1 N–H and O–H groups in total. The van der Waals surface area contributed by atoms with Crippen molar-refractivity contribution < 1.29 is 4.79 Å². The van der Waals surface area contributed by atoms with E-state index in [1.54, 1.807) is 6.07 Å². The summed E-state index contributed by atoms with van der Waals surface area (Å²) in [5.74, 6) is 0.381. The molecule has 0 aliphatic carbocycles. The van der Waals surface area contributed by atoms with Gasteiger partial charge in [0.05, 0.1) is 0 Å². The van der Waals surface area contributed by atoms with Crippen LogP contribution in [0.3, 0.4) is 0 Å². The van der Waals surface area contributed by atoms with Gasteiger partial charge < -0.3 is 10.2 Å². The Balaban J connectivity index is 1.79. The molecule has 5 nitrogen and oxygen atoms in total. The number of nitrogens with one attached hydrogen (secondary N) is 1. The zero-order chi connectivity index (χ0) is 20.8. The fourth-order valence-electron chi connectivity index (χ4n) is 3.16. The van der Waals surface area contributed by atoms with Gasteiger partial charge in [-0.2, -0.15) is 0 Å². The van der Waals surface area contributed by atoms with Crippen LogP contribution in [-0.2, 0) is 13.1 Å². The molecule has 1 aromatic heterocycles. The lowest BCUT2D eigenvalue weighted by molar-refractivity contribution is 0.0945. The minimum Gasteiger partial charge on any atom is -0.347 e. The number of nitrogens with zero attached hydrogens (tertiary/aromatic N) is 3. The van der Waals surface area contributed by atoms with E-state index in [0.717, 1.165) is 11.3 Å². The number of aromatic nitrogens is 2. The molecular formula is C24H28N4O. The van der Waals surface area contributed by atoms with Gasteiger partial charge in [-0.05, 0) is 44.9 Å². The highest BCUT2D eigenvalue weighted by Gasteiger charge is 2.18. The Morgan fingerprint density at radius 2 is 1.69 bits per heavy atom.